The molecule has 0 unspecified atom stereocenters. The molecule has 0 saturated carbocycles. The molecule has 5 nitrogen and oxygen atoms in total. The Balaban J connectivity index is 2.79. The standard InChI is InChI=1S/C9H7Br3O5S/c10-5-3-6(8(12)7(11)4-5)9(13)17-1-2-18(14,15)16/h3-4H,1-2H2,(H,14,15,16)/p-1. The fraction of sp³-hybridized carbons (Fsp3) is 0.222. The van der Waals surface area contributed by atoms with Crippen LogP contribution < -0.4 is 0 Å². The van der Waals surface area contributed by atoms with Crippen LogP contribution in [0.5, 0.6) is 0 Å². The molecule has 0 heterocycles. The van der Waals surface area contributed by atoms with Crippen molar-refractivity contribution in [1.29, 1.82) is 0 Å². The zero-order chi connectivity index (χ0) is 13.9. The largest absolute Gasteiger partial charge is 0.748 e. The van der Waals surface area contributed by atoms with Crippen LogP contribution in [0.25, 0.3) is 0 Å². The number of hydrogen-bond donors (Lipinski definition) is 0. The van der Waals surface area contributed by atoms with Crippen LogP contribution in [-0.4, -0.2) is 31.3 Å². The predicted molar refractivity (Wildman–Crippen MR) is 74.4 cm³/mol. The molecule has 0 aromatic heterocycles. The second-order valence-corrected chi connectivity index (χ2v) is 7.23. The second-order valence-electron chi connectivity index (χ2n) is 3.15. The lowest BCUT2D eigenvalue weighted by Gasteiger charge is -2.09. The Labute approximate surface area is 129 Å². The molecule has 0 spiro atoms. The van der Waals surface area contributed by atoms with Crippen LogP contribution in [0.4, 0.5) is 0 Å². The van der Waals surface area contributed by atoms with E-state index in [0.29, 0.717) is 13.4 Å². The third kappa shape index (κ3) is 4.96. The summed E-state index contributed by atoms with van der Waals surface area (Å²) in [5.41, 5.74) is 0.222. The summed E-state index contributed by atoms with van der Waals surface area (Å²) in [6, 6.07) is 3.24. The molecule has 0 saturated heterocycles. The number of carbonyl (C=O) groups excluding carboxylic acids is 1. The van der Waals surface area contributed by atoms with Crippen molar-refractivity contribution >= 4 is 63.9 Å². The van der Waals surface area contributed by atoms with Crippen LogP contribution in [0.3, 0.4) is 0 Å². The average Bonchev–Trinajstić information content (AvgIpc) is 2.21. The van der Waals surface area contributed by atoms with Crippen molar-refractivity contribution in [3.05, 3.63) is 31.1 Å². The number of esters is 1. The van der Waals surface area contributed by atoms with Crippen LogP contribution in [0.2, 0.25) is 0 Å². The van der Waals surface area contributed by atoms with Gasteiger partial charge in [-0.05, 0) is 44.0 Å². The zero-order valence-corrected chi connectivity index (χ0v) is 14.2. The maximum Gasteiger partial charge on any atom is 0.339 e. The highest BCUT2D eigenvalue weighted by molar-refractivity contribution is 9.13. The molecule has 1 aromatic carbocycles. The van der Waals surface area contributed by atoms with Gasteiger partial charge in [-0.2, -0.15) is 0 Å². The van der Waals surface area contributed by atoms with Crippen molar-refractivity contribution in [2.75, 3.05) is 12.4 Å². The predicted octanol–water partition coefficient (Wildman–Crippen LogP) is 2.68. The van der Waals surface area contributed by atoms with E-state index < -0.39 is 28.4 Å². The van der Waals surface area contributed by atoms with Gasteiger partial charge in [-0.1, -0.05) is 15.9 Å². The number of benzene rings is 1. The number of hydrogen-bond acceptors (Lipinski definition) is 5. The van der Waals surface area contributed by atoms with E-state index >= 15 is 0 Å². The first-order valence-corrected chi connectivity index (χ1v) is 8.41. The van der Waals surface area contributed by atoms with Crippen LogP contribution in [0.15, 0.2) is 25.6 Å². The molecule has 0 atom stereocenters. The molecule has 0 N–H and O–H groups in total. The van der Waals surface area contributed by atoms with Crippen molar-refractivity contribution in [3.63, 3.8) is 0 Å². The summed E-state index contributed by atoms with van der Waals surface area (Å²) in [5.74, 6) is -1.46. The van der Waals surface area contributed by atoms with Crippen molar-refractivity contribution in [2.24, 2.45) is 0 Å². The highest BCUT2D eigenvalue weighted by Crippen LogP contribution is 2.31. The smallest absolute Gasteiger partial charge is 0.339 e. The van der Waals surface area contributed by atoms with Gasteiger partial charge in [0, 0.05) is 13.4 Å². The van der Waals surface area contributed by atoms with Gasteiger partial charge in [0.15, 0.2) is 0 Å². The van der Waals surface area contributed by atoms with Crippen LogP contribution in [0, 0.1) is 0 Å². The van der Waals surface area contributed by atoms with Crippen LogP contribution in [0.1, 0.15) is 10.4 Å². The molecule has 100 valence electrons. The molecular formula is C9H6Br3O5S-. The molecule has 0 aliphatic carbocycles. The Kier molecular flexibility index (Phi) is 5.78. The average molecular weight is 466 g/mol. The molecule has 9 heteroatoms. The topological polar surface area (TPSA) is 83.5 Å². The minimum atomic E-state index is -4.39. The molecule has 0 aliphatic rings. The summed E-state index contributed by atoms with van der Waals surface area (Å²) >= 11 is 9.64. The molecule has 0 amide bonds. The molecule has 18 heavy (non-hydrogen) atoms. The first-order valence-electron chi connectivity index (χ1n) is 4.46. The molecule has 1 aromatic rings. The van der Waals surface area contributed by atoms with Gasteiger partial charge < -0.3 is 9.29 Å². The van der Waals surface area contributed by atoms with Gasteiger partial charge >= 0.3 is 5.97 Å². The monoisotopic (exact) mass is 463 g/mol. The third-order valence-corrected chi connectivity index (χ3v) is 4.92. The van der Waals surface area contributed by atoms with E-state index in [-0.39, 0.29) is 5.56 Å². The van der Waals surface area contributed by atoms with Crippen LogP contribution >= 0.6 is 47.8 Å². The first-order chi connectivity index (χ1) is 8.20. The number of ether oxygens (including phenoxy) is 1. The first kappa shape index (κ1) is 16.1. The Morgan fingerprint density at radius 3 is 2.44 bits per heavy atom. The van der Waals surface area contributed by atoms with Crippen molar-refractivity contribution in [3.8, 4) is 0 Å². The van der Waals surface area contributed by atoms with E-state index in [0.717, 1.165) is 0 Å². The molecule has 0 fully saturated rings. The lowest BCUT2D eigenvalue weighted by molar-refractivity contribution is 0.0527. The third-order valence-electron chi connectivity index (χ3n) is 1.78. The normalized spacial score (nSPS) is 11.3. The Morgan fingerprint density at radius 2 is 1.89 bits per heavy atom. The summed E-state index contributed by atoms with van der Waals surface area (Å²) in [5, 5.41) is 0. The number of rotatable bonds is 4. The fourth-order valence-corrected chi connectivity index (χ4v) is 2.92. The summed E-state index contributed by atoms with van der Waals surface area (Å²) in [7, 11) is -4.39. The molecule has 0 aliphatic heterocycles. The van der Waals surface area contributed by atoms with E-state index in [4.69, 9.17) is 4.74 Å². The Hall–Kier alpha value is 0.0400. The van der Waals surface area contributed by atoms with E-state index in [1.54, 1.807) is 6.07 Å². The van der Waals surface area contributed by atoms with Crippen molar-refractivity contribution in [2.45, 2.75) is 0 Å². The molecular weight excluding hydrogens is 460 g/mol. The highest BCUT2D eigenvalue weighted by atomic mass is 79.9. The number of halogens is 3. The Bertz CT molecular complexity index is 570. The van der Waals surface area contributed by atoms with Crippen molar-refractivity contribution in [1.82, 2.24) is 0 Å². The summed E-state index contributed by atoms with van der Waals surface area (Å²) in [6.07, 6.45) is 0. The van der Waals surface area contributed by atoms with E-state index in [9.17, 15) is 17.8 Å². The lowest BCUT2D eigenvalue weighted by atomic mass is 10.2. The lowest BCUT2D eigenvalue weighted by Crippen LogP contribution is -2.15. The van der Waals surface area contributed by atoms with Crippen LogP contribution in [-0.2, 0) is 14.9 Å². The van der Waals surface area contributed by atoms with Crippen molar-refractivity contribution < 1.29 is 22.5 Å². The van der Waals surface area contributed by atoms with Gasteiger partial charge in [0.05, 0.1) is 21.4 Å². The fourth-order valence-electron chi connectivity index (χ4n) is 1.02. The maximum absolute atomic E-state index is 11.7. The zero-order valence-electron chi connectivity index (χ0n) is 8.65. The minimum Gasteiger partial charge on any atom is -0.748 e. The van der Waals surface area contributed by atoms with Gasteiger partial charge in [-0.15, -0.1) is 0 Å². The van der Waals surface area contributed by atoms with Gasteiger partial charge in [0.25, 0.3) is 0 Å². The summed E-state index contributed by atoms with van der Waals surface area (Å²) in [4.78, 5) is 11.7. The quantitative estimate of drug-likeness (QED) is 0.388. The van der Waals surface area contributed by atoms with Gasteiger partial charge in [0.1, 0.15) is 6.61 Å². The van der Waals surface area contributed by atoms with Gasteiger partial charge in [-0.25, -0.2) is 13.2 Å². The van der Waals surface area contributed by atoms with E-state index in [1.165, 1.54) is 6.07 Å². The highest BCUT2D eigenvalue weighted by Gasteiger charge is 2.15. The number of carbonyl (C=O) groups is 1. The van der Waals surface area contributed by atoms with E-state index in [1.807, 2.05) is 0 Å². The molecule has 1 rings (SSSR count). The van der Waals surface area contributed by atoms with E-state index in [2.05, 4.69) is 47.8 Å². The Morgan fingerprint density at radius 1 is 1.28 bits per heavy atom. The summed E-state index contributed by atoms with van der Waals surface area (Å²) in [6.45, 7) is -0.471. The maximum atomic E-state index is 11.7. The second kappa shape index (κ2) is 6.47. The minimum absolute atomic E-state index is 0.222. The SMILES string of the molecule is O=C(OCCS(=O)(=O)[O-])c1cc(Br)cc(Br)c1Br. The van der Waals surface area contributed by atoms with Gasteiger partial charge in [-0.3, -0.25) is 0 Å². The molecule has 0 bridgehead atoms. The summed E-state index contributed by atoms with van der Waals surface area (Å²) < 4.78 is 37.5. The van der Waals surface area contributed by atoms with Gasteiger partial charge in [0.2, 0.25) is 0 Å². The molecule has 0 radical (unpaired) electrons.